The second-order valence-corrected chi connectivity index (χ2v) is 11.9. The van der Waals surface area contributed by atoms with Gasteiger partial charge in [0, 0.05) is 29.9 Å². The van der Waals surface area contributed by atoms with Crippen molar-refractivity contribution in [3.05, 3.63) is 22.8 Å². The van der Waals surface area contributed by atoms with E-state index in [0.717, 1.165) is 60.6 Å². The average molecular weight is 498 g/mol. The van der Waals surface area contributed by atoms with Gasteiger partial charge in [-0.1, -0.05) is 6.92 Å². The summed E-state index contributed by atoms with van der Waals surface area (Å²) in [4.78, 5) is 11.5. The van der Waals surface area contributed by atoms with Crippen molar-refractivity contribution in [1.29, 1.82) is 0 Å². The molecule has 1 spiro atoms. The topological polar surface area (TPSA) is 77.8 Å². The van der Waals surface area contributed by atoms with Crippen LogP contribution in [0.3, 0.4) is 0 Å². The summed E-state index contributed by atoms with van der Waals surface area (Å²) in [6.07, 6.45) is 6.58. The van der Waals surface area contributed by atoms with Gasteiger partial charge < -0.3 is 14.2 Å². The molecule has 4 heterocycles. The summed E-state index contributed by atoms with van der Waals surface area (Å²) in [6, 6.07) is 0.0981. The molecule has 9 heteroatoms. The fraction of sp³-hybridized carbons (Fsp3) is 0.714. The summed E-state index contributed by atoms with van der Waals surface area (Å²) < 4.78 is 25.3. The van der Waals surface area contributed by atoms with E-state index in [0.29, 0.717) is 0 Å². The highest BCUT2D eigenvalue weighted by Crippen LogP contribution is 2.44. The fourth-order valence-corrected chi connectivity index (χ4v) is 6.14. The van der Waals surface area contributed by atoms with E-state index in [2.05, 4.69) is 58.2 Å². The zero-order valence-electron chi connectivity index (χ0n) is 18.4. The Labute approximate surface area is 190 Å². The second-order valence-electron chi connectivity index (χ2n) is 9.30. The molecular formula is C21H32BrN5O2S. The van der Waals surface area contributed by atoms with Crippen LogP contribution in [-0.4, -0.2) is 55.5 Å². The van der Waals surface area contributed by atoms with Gasteiger partial charge in [-0.3, -0.25) is 4.40 Å². The van der Waals surface area contributed by atoms with Gasteiger partial charge in [-0.2, -0.15) is 0 Å². The number of aromatic nitrogens is 3. The molecule has 0 amide bonds. The number of hydrogen-bond donors (Lipinski definition) is 1. The Balaban J connectivity index is 1.53. The van der Waals surface area contributed by atoms with Gasteiger partial charge in [-0.25, -0.2) is 9.97 Å². The van der Waals surface area contributed by atoms with Crippen molar-refractivity contribution in [2.45, 2.75) is 70.8 Å². The predicted octanol–water partition coefficient (Wildman–Crippen LogP) is 3.62. The van der Waals surface area contributed by atoms with Crippen LogP contribution in [0.25, 0.3) is 5.52 Å². The molecule has 1 N–H and O–H groups in total. The van der Waals surface area contributed by atoms with Gasteiger partial charge in [0.25, 0.3) is 0 Å². The predicted molar refractivity (Wildman–Crippen MR) is 124 cm³/mol. The van der Waals surface area contributed by atoms with E-state index in [-0.39, 0.29) is 22.3 Å². The van der Waals surface area contributed by atoms with Crippen LogP contribution in [0.4, 0.5) is 5.82 Å². The van der Waals surface area contributed by atoms with E-state index in [4.69, 9.17) is 9.72 Å². The molecule has 2 saturated heterocycles. The molecule has 1 unspecified atom stereocenters. The lowest BCUT2D eigenvalue weighted by Gasteiger charge is -2.43. The first kappa shape index (κ1) is 22.3. The van der Waals surface area contributed by atoms with Crippen LogP contribution in [0.2, 0.25) is 0 Å². The maximum atomic E-state index is 13.0. The molecule has 0 aromatic carbocycles. The highest BCUT2D eigenvalue weighted by Gasteiger charge is 2.52. The third-order valence-electron chi connectivity index (χ3n) is 7.06. The summed E-state index contributed by atoms with van der Waals surface area (Å²) in [6.45, 7) is 12.8. The second kappa shape index (κ2) is 8.24. The van der Waals surface area contributed by atoms with Crippen molar-refractivity contribution in [1.82, 2.24) is 19.1 Å². The maximum Gasteiger partial charge on any atom is 0.154 e. The summed E-state index contributed by atoms with van der Waals surface area (Å²) in [5.41, 5.74) is 1.97. The summed E-state index contributed by atoms with van der Waals surface area (Å²) >= 11 is 2.51. The first-order valence-corrected chi connectivity index (χ1v) is 12.7. The van der Waals surface area contributed by atoms with Crippen molar-refractivity contribution in [2.24, 2.45) is 5.41 Å². The van der Waals surface area contributed by atoms with Gasteiger partial charge in [-0.15, -0.1) is 4.72 Å². The molecule has 0 bridgehead atoms. The highest BCUT2D eigenvalue weighted by molar-refractivity contribution is 9.10. The van der Waals surface area contributed by atoms with Crippen LogP contribution >= 0.6 is 15.9 Å². The minimum absolute atomic E-state index is 0.0103. The number of nitrogens with zero attached hydrogens (tertiary/aromatic N) is 4. The Morgan fingerprint density at radius 1 is 1.40 bits per heavy atom. The van der Waals surface area contributed by atoms with Crippen molar-refractivity contribution in [3.63, 3.8) is 0 Å². The molecule has 7 nitrogen and oxygen atoms in total. The third-order valence-corrected chi connectivity index (χ3v) is 9.78. The molecule has 0 saturated carbocycles. The van der Waals surface area contributed by atoms with Crippen LogP contribution in [0, 0.1) is 12.3 Å². The summed E-state index contributed by atoms with van der Waals surface area (Å²) in [5.74, 6) is 0.982. The molecule has 2 fully saturated rings. The van der Waals surface area contributed by atoms with Gasteiger partial charge in [0.1, 0.15) is 21.2 Å². The van der Waals surface area contributed by atoms with E-state index in [1.165, 1.54) is 0 Å². The van der Waals surface area contributed by atoms with Crippen molar-refractivity contribution in [3.8, 4) is 0 Å². The van der Waals surface area contributed by atoms with Gasteiger partial charge in [0.15, 0.2) is 5.82 Å². The molecule has 2 aromatic heterocycles. The summed E-state index contributed by atoms with van der Waals surface area (Å²) in [5, 5.41) is 0. The van der Waals surface area contributed by atoms with Crippen LogP contribution < -0.4 is 9.62 Å². The highest BCUT2D eigenvalue weighted by atomic mass is 79.9. The van der Waals surface area contributed by atoms with Crippen LogP contribution in [0.1, 0.15) is 52.7 Å². The molecule has 166 valence electrons. The lowest BCUT2D eigenvalue weighted by Crippen LogP contribution is -2.57. The Morgan fingerprint density at radius 2 is 2.10 bits per heavy atom. The van der Waals surface area contributed by atoms with Crippen LogP contribution in [-0.2, 0) is 16.1 Å². The Bertz CT molecular complexity index is 912. The standard InChI is InChI=1S/C21H32BrN5O2S/c1-6-20(4,5)30(28)25-17-15(3)29-12-21(17)7-9-26(10-8-21)19-16-11-23-13-27(16)18(22)14(2)24-19/h11,13,15,17,25H,6-10,12H2,1-5H3/t15-,17+,30?/m0/s1. The number of hydrogen-bond acceptors (Lipinski definition) is 6. The monoisotopic (exact) mass is 497 g/mol. The lowest BCUT2D eigenvalue weighted by atomic mass is 9.73. The smallest absolute Gasteiger partial charge is 0.154 e. The van der Waals surface area contributed by atoms with Crippen molar-refractivity contribution >= 4 is 38.6 Å². The van der Waals surface area contributed by atoms with Gasteiger partial charge in [0.2, 0.25) is 0 Å². The lowest BCUT2D eigenvalue weighted by molar-refractivity contribution is 0.0973. The van der Waals surface area contributed by atoms with Gasteiger partial charge in [0.05, 0.1) is 30.6 Å². The normalized spacial score (nSPS) is 25.4. The number of rotatable bonds is 5. The number of piperidine rings is 1. The third kappa shape index (κ3) is 3.77. The first-order valence-electron chi connectivity index (χ1n) is 10.7. The molecule has 2 aliphatic heterocycles. The number of fused-ring (bicyclic) bond motifs is 1. The van der Waals surface area contributed by atoms with Gasteiger partial charge >= 0.3 is 0 Å². The minimum Gasteiger partial charge on any atom is -0.598 e. The Morgan fingerprint density at radius 3 is 2.77 bits per heavy atom. The average Bonchev–Trinajstić information content (AvgIpc) is 3.33. The number of halogens is 1. The van der Waals surface area contributed by atoms with E-state index in [9.17, 15) is 4.55 Å². The number of imidazole rings is 1. The maximum absolute atomic E-state index is 13.0. The number of aryl methyl sites for hydroxylation is 1. The molecular weight excluding hydrogens is 466 g/mol. The number of ether oxygens (including phenoxy) is 1. The number of anilines is 1. The van der Waals surface area contributed by atoms with E-state index in [1.54, 1.807) is 0 Å². The Kier molecular flexibility index (Phi) is 6.13. The molecule has 30 heavy (non-hydrogen) atoms. The largest absolute Gasteiger partial charge is 0.598 e. The van der Waals surface area contributed by atoms with Crippen molar-refractivity contribution < 1.29 is 9.29 Å². The van der Waals surface area contributed by atoms with Crippen LogP contribution in [0.15, 0.2) is 17.1 Å². The molecule has 2 aromatic rings. The summed E-state index contributed by atoms with van der Waals surface area (Å²) in [7, 11) is 0. The zero-order valence-corrected chi connectivity index (χ0v) is 20.8. The van der Waals surface area contributed by atoms with Gasteiger partial charge in [-0.05, 0) is 62.9 Å². The molecule has 3 atom stereocenters. The molecule has 0 radical (unpaired) electrons. The minimum atomic E-state index is -1.11. The zero-order chi connectivity index (χ0) is 21.7. The van der Waals surface area contributed by atoms with E-state index >= 15 is 0 Å². The van der Waals surface area contributed by atoms with Crippen LogP contribution in [0.5, 0.6) is 0 Å². The first-order chi connectivity index (χ1) is 14.2. The molecule has 0 aliphatic carbocycles. The Hall–Kier alpha value is -0.870. The van der Waals surface area contributed by atoms with E-state index in [1.807, 2.05) is 23.8 Å². The number of nitrogens with one attached hydrogen (secondary N) is 1. The SMILES string of the molecule is CCC(C)(C)[S+]([O-])N[C@@H]1[C@H](C)OCC12CCN(c1nc(C)c(Br)n3cncc13)CC2. The van der Waals surface area contributed by atoms with E-state index < -0.39 is 11.4 Å². The molecule has 2 aliphatic rings. The fourth-order valence-electron chi connectivity index (χ4n) is 4.51. The van der Waals surface area contributed by atoms with Crippen molar-refractivity contribution in [2.75, 3.05) is 24.6 Å². The molecule has 4 rings (SSSR count). The quantitative estimate of drug-likeness (QED) is 0.635.